The van der Waals surface area contributed by atoms with Gasteiger partial charge in [-0.2, -0.15) is 0 Å². The molecule has 5 rings (SSSR count). The lowest BCUT2D eigenvalue weighted by molar-refractivity contribution is 0.0932. The molecule has 1 aliphatic rings. The van der Waals surface area contributed by atoms with Crippen molar-refractivity contribution in [3.8, 4) is 0 Å². The van der Waals surface area contributed by atoms with E-state index in [0.717, 1.165) is 47.9 Å². The number of benzene rings is 2. The van der Waals surface area contributed by atoms with E-state index in [9.17, 15) is 4.79 Å². The Hall–Kier alpha value is -3.05. The fourth-order valence-corrected chi connectivity index (χ4v) is 4.51. The fourth-order valence-electron chi connectivity index (χ4n) is 4.51. The molecule has 5 heteroatoms. The summed E-state index contributed by atoms with van der Waals surface area (Å²) in [5.74, 6) is -0.0251. The Balaban J connectivity index is 1.42. The highest BCUT2D eigenvalue weighted by atomic mass is 16.5. The summed E-state index contributed by atoms with van der Waals surface area (Å²) in [6.07, 6.45) is 5.14. The number of aromatic nitrogens is 2. The van der Waals surface area contributed by atoms with E-state index >= 15 is 0 Å². The number of aryl methyl sites for hydroxylation is 1. The van der Waals surface area contributed by atoms with Gasteiger partial charge in [-0.05, 0) is 54.5 Å². The van der Waals surface area contributed by atoms with E-state index in [-0.39, 0.29) is 11.9 Å². The molecule has 2 heterocycles. The molecule has 0 fully saturated rings. The number of rotatable bonds is 5. The predicted octanol–water partition coefficient (Wildman–Crippen LogP) is 4.58. The number of methoxy groups -OCH3 is 1. The summed E-state index contributed by atoms with van der Waals surface area (Å²) < 4.78 is 7.33. The molecule has 5 nitrogen and oxygen atoms in total. The number of para-hydroxylation sites is 1. The molecule has 0 aliphatic heterocycles. The zero-order chi connectivity index (χ0) is 19.8. The molecule has 0 bridgehead atoms. The molecule has 2 aromatic carbocycles. The normalized spacial score (nSPS) is 16.2. The number of nitrogens with one attached hydrogen (secondary N) is 2. The molecule has 0 radical (unpaired) electrons. The summed E-state index contributed by atoms with van der Waals surface area (Å²) in [6, 6.07) is 16.4. The van der Waals surface area contributed by atoms with E-state index in [1.54, 1.807) is 7.11 Å². The lowest BCUT2D eigenvalue weighted by Gasteiger charge is -2.24. The Bertz CT molecular complexity index is 1190. The van der Waals surface area contributed by atoms with Crippen molar-refractivity contribution in [2.24, 2.45) is 0 Å². The van der Waals surface area contributed by atoms with Gasteiger partial charge in [0.05, 0.1) is 12.6 Å². The maximum atomic E-state index is 13.1. The highest BCUT2D eigenvalue weighted by Crippen LogP contribution is 2.34. The largest absolute Gasteiger partial charge is 0.383 e. The van der Waals surface area contributed by atoms with Crippen LogP contribution in [0.5, 0.6) is 0 Å². The van der Waals surface area contributed by atoms with Crippen LogP contribution < -0.4 is 5.32 Å². The van der Waals surface area contributed by atoms with Crippen LogP contribution >= 0.6 is 0 Å². The molecule has 0 saturated carbocycles. The van der Waals surface area contributed by atoms with Crippen molar-refractivity contribution < 1.29 is 9.53 Å². The lowest BCUT2D eigenvalue weighted by atomic mass is 9.91. The van der Waals surface area contributed by atoms with Crippen LogP contribution in [0.15, 0.2) is 54.7 Å². The molecule has 2 aromatic heterocycles. The molecule has 1 amide bonds. The van der Waals surface area contributed by atoms with Crippen LogP contribution in [0.4, 0.5) is 0 Å². The average Bonchev–Trinajstić information content (AvgIpc) is 3.33. The number of ether oxygens (including phenoxy) is 1. The van der Waals surface area contributed by atoms with Gasteiger partial charge in [-0.15, -0.1) is 0 Å². The van der Waals surface area contributed by atoms with E-state index < -0.39 is 0 Å². The van der Waals surface area contributed by atoms with Crippen LogP contribution in [0.1, 0.15) is 40.5 Å². The number of amides is 1. The number of carbonyl (C=O) groups excluding carboxylic acids is 1. The molecule has 4 aromatic rings. The Labute approximate surface area is 169 Å². The van der Waals surface area contributed by atoms with Crippen LogP contribution in [0, 0.1) is 0 Å². The first-order valence-electron chi connectivity index (χ1n) is 10.2. The molecule has 0 spiro atoms. The quantitative estimate of drug-likeness (QED) is 0.527. The van der Waals surface area contributed by atoms with Gasteiger partial charge in [0.25, 0.3) is 5.91 Å². The molecular weight excluding hydrogens is 362 g/mol. The summed E-state index contributed by atoms with van der Waals surface area (Å²) in [6.45, 7) is 1.41. The molecular formula is C24H25N3O2. The third-order valence-electron chi connectivity index (χ3n) is 5.99. The molecule has 0 unspecified atom stereocenters. The average molecular weight is 387 g/mol. The lowest BCUT2D eigenvalue weighted by Crippen LogP contribution is -2.31. The van der Waals surface area contributed by atoms with Gasteiger partial charge in [-0.1, -0.05) is 24.3 Å². The van der Waals surface area contributed by atoms with Crippen molar-refractivity contribution in [1.29, 1.82) is 0 Å². The molecule has 2 N–H and O–H groups in total. The zero-order valence-electron chi connectivity index (χ0n) is 16.6. The van der Waals surface area contributed by atoms with E-state index in [2.05, 4.69) is 39.1 Å². The summed E-state index contributed by atoms with van der Waals surface area (Å²) in [4.78, 5) is 16.6. The van der Waals surface area contributed by atoms with Gasteiger partial charge >= 0.3 is 0 Å². The minimum Gasteiger partial charge on any atom is -0.383 e. The van der Waals surface area contributed by atoms with Gasteiger partial charge in [0.15, 0.2) is 0 Å². The van der Waals surface area contributed by atoms with Crippen molar-refractivity contribution in [2.45, 2.75) is 31.8 Å². The third kappa shape index (κ3) is 3.21. The second-order valence-electron chi connectivity index (χ2n) is 7.76. The number of aromatic amines is 1. The van der Waals surface area contributed by atoms with E-state index in [1.165, 1.54) is 10.9 Å². The van der Waals surface area contributed by atoms with Gasteiger partial charge < -0.3 is 19.6 Å². The Morgan fingerprint density at radius 2 is 2.14 bits per heavy atom. The number of hydrogen-bond acceptors (Lipinski definition) is 2. The molecule has 29 heavy (non-hydrogen) atoms. The van der Waals surface area contributed by atoms with Crippen molar-refractivity contribution in [2.75, 3.05) is 13.7 Å². The number of hydrogen-bond donors (Lipinski definition) is 2. The first-order valence-corrected chi connectivity index (χ1v) is 10.2. The van der Waals surface area contributed by atoms with Crippen LogP contribution in [-0.2, 0) is 17.7 Å². The smallest absolute Gasteiger partial charge is 0.251 e. The molecule has 0 saturated heterocycles. The van der Waals surface area contributed by atoms with Gasteiger partial charge in [-0.25, -0.2) is 0 Å². The number of carbonyl (C=O) groups is 1. The topological polar surface area (TPSA) is 59.0 Å². The minimum absolute atomic E-state index is 0.0228. The standard InChI is InChI=1S/C24H25N3O2/c1-29-14-13-27-12-11-16-9-10-17(15-22(16)27)24(28)26-21-8-4-6-19-18-5-2-3-7-20(18)25-23(19)21/h2-3,5,7,9-12,15,21,25H,4,6,8,13-14H2,1H3,(H,26,28)/t21-/m0/s1. The van der Waals surface area contributed by atoms with Crippen LogP contribution in [0.3, 0.4) is 0 Å². The number of fused-ring (bicyclic) bond motifs is 4. The van der Waals surface area contributed by atoms with Gasteiger partial charge in [0.1, 0.15) is 0 Å². The second-order valence-corrected chi connectivity index (χ2v) is 7.76. The predicted molar refractivity (Wildman–Crippen MR) is 115 cm³/mol. The Kier molecular flexibility index (Phi) is 4.60. The molecule has 1 aliphatic carbocycles. The van der Waals surface area contributed by atoms with Crippen molar-refractivity contribution in [3.63, 3.8) is 0 Å². The number of H-pyrrole nitrogens is 1. The van der Waals surface area contributed by atoms with Crippen molar-refractivity contribution in [3.05, 3.63) is 71.5 Å². The van der Waals surface area contributed by atoms with E-state index in [1.807, 2.05) is 30.5 Å². The maximum Gasteiger partial charge on any atom is 0.251 e. The summed E-state index contributed by atoms with van der Waals surface area (Å²) >= 11 is 0. The summed E-state index contributed by atoms with van der Waals surface area (Å²) in [5, 5.41) is 5.68. The highest BCUT2D eigenvalue weighted by Gasteiger charge is 2.25. The minimum atomic E-state index is -0.0251. The second kappa shape index (κ2) is 7.41. The Morgan fingerprint density at radius 3 is 3.03 bits per heavy atom. The van der Waals surface area contributed by atoms with Crippen LogP contribution in [0.2, 0.25) is 0 Å². The summed E-state index contributed by atoms with van der Waals surface area (Å²) in [7, 11) is 1.70. The van der Waals surface area contributed by atoms with Crippen molar-refractivity contribution >= 4 is 27.7 Å². The van der Waals surface area contributed by atoms with Crippen molar-refractivity contribution in [1.82, 2.24) is 14.9 Å². The molecule has 148 valence electrons. The zero-order valence-corrected chi connectivity index (χ0v) is 16.6. The monoisotopic (exact) mass is 387 g/mol. The first kappa shape index (κ1) is 18.0. The third-order valence-corrected chi connectivity index (χ3v) is 5.99. The van der Waals surface area contributed by atoms with Gasteiger partial charge in [-0.3, -0.25) is 4.79 Å². The summed E-state index contributed by atoms with van der Waals surface area (Å²) in [5.41, 5.74) is 5.41. The van der Waals surface area contributed by atoms with Crippen LogP contribution in [0.25, 0.3) is 21.8 Å². The van der Waals surface area contributed by atoms with E-state index in [0.29, 0.717) is 12.2 Å². The Morgan fingerprint density at radius 1 is 1.24 bits per heavy atom. The fraction of sp³-hybridized carbons (Fsp3) is 0.292. The maximum absolute atomic E-state index is 13.1. The number of nitrogens with zero attached hydrogens (tertiary/aromatic N) is 1. The van der Waals surface area contributed by atoms with Gasteiger partial charge in [0, 0.05) is 47.5 Å². The van der Waals surface area contributed by atoms with Gasteiger partial charge in [0.2, 0.25) is 0 Å². The van der Waals surface area contributed by atoms with Crippen LogP contribution in [-0.4, -0.2) is 29.2 Å². The first-order chi connectivity index (χ1) is 14.2. The van der Waals surface area contributed by atoms with E-state index in [4.69, 9.17) is 4.74 Å². The SMILES string of the molecule is COCCn1ccc2ccc(C(=O)N[C@H]3CCCc4c3[nH]c3ccccc43)cc21. The molecule has 1 atom stereocenters. The highest BCUT2D eigenvalue weighted by molar-refractivity contribution is 5.98.